The van der Waals surface area contributed by atoms with Crippen LogP contribution < -0.4 is 5.43 Å². The van der Waals surface area contributed by atoms with Crippen LogP contribution >= 0.6 is 0 Å². The molecule has 0 amide bonds. The van der Waals surface area contributed by atoms with Gasteiger partial charge in [-0.3, -0.25) is 9.80 Å². The number of morpholine rings is 1. The zero-order valence-electron chi connectivity index (χ0n) is 14.3. The molecular weight excluding hydrogens is 338 g/mol. The van der Waals surface area contributed by atoms with E-state index in [1.807, 2.05) is 5.01 Å². The number of aromatic nitrogens is 1. The van der Waals surface area contributed by atoms with Crippen molar-refractivity contribution in [1.29, 1.82) is 0 Å². The summed E-state index contributed by atoms with van der Waals surface area (Å²) in [7, 11) is 0. The summed E-state index contributed by atoms with van der Waals surface area (Å²) in [5, 5.41) is 25.1. The van der Waals surface area contributed by atoms with E-state index in [-0.39, 0.29) is 11.3 Å². The maximum atomic E-state index is 12.1. The highest BCUT2D eigenvalue weighted by atomic mass is 16.5. The molecule has 26 heavy (non-hydrogen) atoms. The fourth-order valence-electron chi connectivity index (χ4n) is 2.74. The smallest absolute Gasteiger partial charge is 0.341 e. The first kappa shape index (κ1) is 17.7. The Kier molecular flexibility index (Phi) is 5.04. The van der Waals surface area contributed by atoms with Crippen LogP contribution in [0.1, 0.15) is 21.6 Å². The van der Waals surface area contributed by atoms with Crippen LogP contribution in [0.2, 0.25) is 0 Å². The van der Waals surface area contributed by atoms with Gasteiger partial charge in [-0.05, 0) is 30.7 Å². The fourth-order valence-corrected chi connectivity index (χ4v) is 2.74. The Hall–Kier alpha value is -3.13. The molecule has 1 aliphatic rings. The highest BCUT2D eigenvalue weighted by molar-refractivity contribution is 5.88. The topological polar surface area (TPSA) is 104 Å². The predicted molar refractivity (Wildman–Crippen MR) is 95.4 cm³/mol. The number of hydrazone groups is 1. The summed E-state index contributed by atoms with van der Waals surface area (Å²) in [4.78, 5) is 23.5. The van der Waals surface area contributed by atoms with Crippen LogP contribution in [-0.4, -0.2) is 58.3 Å². The normalized spacial score (nSPS) is 14.7. The number of carboxylic acids is 1. The van der Waals surface area contributed by atoms with E-state index in [1.54, 1.807) is 23.6 Å². The van der Waals surface area contributed by atoms with Gasteiger partial charge in [0.05, 0.1) is 38.2 Å². The van der Waals surface area contributed by atoms with Gasteiger partial charge in [-0.2, -0.15) is 5.10 Å². The first-order chi connectivity index (χ1) is 12.5. The third kappa shape index (κ3) is 3.75. The molecule has 0 bridgehead atoms. The third-order valence-corrected chi connectivity index (χ3v) is 4.09. The van der Waals surface area contributed by atoms with Crippen molar-refractivity contribution in [3.05, 3.63) is 57.5 Å². The van der Waals surface area contributed by atoms with E-state index >= 15 is 0 Å². The Labute approximate surface area is 149 Å². The lowest BCUT2D eigenvalue weighted by molar-refractivity contribution is 0.0396. The molecule has 8 heteroatoms. The molecule has 1 aromatic heterocycles. The van der Waals surface area contributed by atoms with E-state index in [2.05, 4.69) is 5.10 Å². The Morgan fingerprint density at radius 3 is 2.65 bits per heavy atom. The minimum Gasteiger partial charge on any atom is -0.508 e. The average Bonchev–Trinajstić information content (AvgIpc) is 2.61. The van der Waals surface area contributed by atoms with E-state index in [1.165, 1.54) is 24.5 Å². The molecule has 0 aliphatic carbocycles. The molecule has 1 fully saturated rings. The molecule has 2 aromatic rings. The molecule has 2 N–H and O–H groups in total. The predicted octanol–water partition coefficient (Wildman–Crippen LogP) is 1.22. The molecule has 2 heterocycles. The molecule has 1 aromatic carbocycles. The van der Waals surface area contributed by atoms with Crippen LogP contribution in [0.5, 0.6) is 5.75 Å². The highest BCUT2D eigenvalue weighted by Crippen LogP contribution is 2.20. The van der Waals surface area contributed by atoms with Gasteiger partial charge in [0.15, 0.2) is 5.43 Å². The number of aromatic carboxylic acids is 1. The molecular formula is C18H19N3O5. The van der Waals surface area contributed by atoms with Crippen molar-refractivity contribution >= 4 is 12.2 Å². The van der Waals surface area contributed by atoms with E-state index < -0.39 is 11.4 Å². The second-order valence-corrected chi connectivity index (χ2v) is 5.93. The van der Waals surface area contributed by atoms with Crippen molar-refractivity contribution < 1.29 is 19.7 Å². The number of aromatic hydroxyl groups is 1. The monoisotopic (exact) mass is 357 g/mol. The van der Waals surface area contributed by atoms with E-state index in [0.717, 1.165) is 5.56 Å². The van der Waals surface area contributed by atoms with Gasteiger partial charge >= 0.3 is 5.97 Å². The van der Waals surface area contributed by atoms with Crippen molar-refractivity contribution in [2.24, 2.45) is 5.10 Å². The molecule has 0 unspecified atom stereocenters. The summed E-state index contributed by atoms with van der Waals surface area (Å²) in [5.74, 6) is -1.19. The van der Waals surface area contributed by atoms with Crippen molar-refractivity contribution in [2.75, 3.05) is 26.3 Å². The molecule has 0 radical (unpaired) electrons. The lowest BCUT2D eigenvalue weighted by atomic mass is 10.1. The molecule has 1 aliphatic heterocycles. The Balaban J connectivity index is 2.09. The number of aryl methyl sites for hydroxylation is 1. The molecule has 8 nitrogen and oxygen atoms in total. The minimum absolute atomic E-state index is 0.106. The number of ether oxygens (including phenoxy) is 1. The van der Waals surface area contributed by atoms with Gasteiger partial charge in [-0.1, -0.05) is 0 Å². The van der Waals surface area contributed by atoms with E-state index in [4.69, 9.17) is 4.74 Å². The number of hydrogen-bond acceptors (Lipinski definition) is 6. The number of benzene rings is 1. The number of carbonyl (C=O) groups is 1. The summed E-state index contributed by atoms with van der Waals surface area (Å²) >= 11 is 0. The van der Waals surface area contributed by atoms with Crippen molar-refractivity contribution in [1.82, 2.24) is 9.58 Å². The first-order valence-corrected chi connectivity index (χ1v) is 8.12. The van der Waals surface area contributed by atoms with Crippen LogP contribution in [-0.2, 0) is 4.74 Å². The minimum atomic E-state index is -1.29. The second-order valence-electron chi connectivity index (χ2n) is 5.93. The Morgan fingerprint density at radius 2 is 2.00 bits per heavy atom. The lowest BCUT2D eigenvalue weighted by Crippen LogP contribution is -2.32. The molecule has 0 saturated carbocycles. The lowest BCUT2D eigenvalue weighted by Gasteiger charge is -2.23. The quantitative estimate of drug-likeness (QED) is 0.797. The van der Waals surface area contributed by atoms with Crippen molar-refractivity contribution in [3.8, 4) is 11.4 Å². The maximum absolute atomic E-state index is 12.1. The maximum Gasteiger partial charge on any atom is 0.341 e. The molecule has 3 rings (SSSR count). The SMILES string of the molecule is Cc1cc(O)ccc1-n1cc(C(=O)O)c(=O)cc1C=NN1CCOCC1. The van der Waals surface area contributed by atoms with Gasteiger partial charge in [0.25, 0.3) is 0 Å². The largest absolute Gasteiger partial charge is 0.508 e. The number of nitrogens with zero attached hydrogens (tertiary/aromatic N) is 3. The van der Waals surface area contributed by atoms with Crippen LogP contribution in [0.4, 0.5) is 0 Å². The number of phenols is 1. The van der Waals surface area contributed by atoms with Gasteiger partial charge in [0, 0.05) is 18.0 Å². The van der Waals surface area contributed by atoms with Crippen LogP contribution in [0, 0.1) is 6.92 Å². The number of phenolic OH excluding ortho intramolecular Hbond substituents is 1. The van der Waals surface area contributed by atoms with Crippen molar-refractivity contribution in [2.45, 2.75) is 6.92 Å². The number of rotatable bonds is 4. The average molecular weight is 357 g/mol. The third-order valence-electron chi connectivity index (χ3n) is 4.09. The molecule has 0 spiro atoms. The van der Waals surface area contributed by atoms with Crippen LogP contribution in [0.25, 0.3) is 5.69 Å². The summed E-state index contributed by atoms with van der Waals surface area (Å²) in [6.45, 7) is 4.24. The number of carboxylic acid groups (broad SMARTS) is 1. The van der Waals surface area contributed by atoms with Gasteiger partial charge in [-0.15, -0.1) is 0 Å². The Bertz CT molecular complexity index is 914. The highest BCUT2D eigenvalue weighted by Gasteiger charge is 2.15. The van der Waals surface area contributed by atoms with Gasteiger partial charge < -0.3 is 19.5 Å². The van der Waals surface area contributed by atoms with Crippen LogP contribution in [0.15, 0.2) is 40.4 Å². The fraction of sp³-hybridized carbons (Fsp3) is 0.278. The van der Waals surface area contributed by atoms with Gasteiger partial charge in [0.2, 0.25) is 0 Å². The second kappa shape index (κ2) is 7.40. The summed E-state index contributed by atoms with van der Waals surface area (Å²) in [5.41, 5.74) is 0.898. The van der Waals surface area contributed by atoms with E-state index in [9.17, 15) is 19.8 Å². The molecule has 136 valence electrons. The standard InChI is InChI=1S/C18H19N3O5/c1-12-8-14(22)2-3-16(12)21-11-15(18(24)25)17(23)9-13(21)10-19-20-4-6-26-7-5-20/h2-3,8-11,22H,4-7H2,1H3,(H,24,25). The first-order valence-electron chi connectivity index (χ1n) is 8.12. The summed E-state index contributed by atoms with van der Waals surface area (Å²) in [6, 6.07) is 5.98. The number of hydrogen-bond donors (Lipinski definition) is 2. The zero-order chi connectivity index (χ0) is 18.7. The Morgan fingerprint density at radius 1 is 1.27 bits per heavy atom. The van der Waals surface area contributed by atoms with Crippen molar-refractivity contribution in [3.63, 3.8) is 0 Å². The van der Waals surface area contributed by atoms with Gasteiger partial charge in [0.1, 0.15) is 11.3 Å². The molecule has 1 saturated heterocycles. The number of pyridine rings is 1. The van der Waals surface area contributed by atoms with Gasteiger partial charge in [-0.25, -0.2) is 4.79 Å². The van der Waals surface area contributed by atoms with Crippen LogP contribution in [0.3, 0.4) is 0 Å². The zero-order valence-corrected chi connectivity index (χ0v) is 14.3. The van der Waals surface area contributed by atoms with E-state index in [0.29, 0.717) is 37.7 Å². The molecule has 0 atom stereocenters. The summed E-state index contributed by atoms with van der Waals surface area (Å²) < 4.78 is 6.86. The summed E-state index contributed by atoms with van der Waals surface area (Å²) in [6.07, 6.45) is 2.81.